The largest absolute Gasteiger partial charge is 0.492 e. The van der Waals surface area contributed by atoms with Crippen LogP contribution in [-0.4, -0.2) is 25.8 Å². The molecule has 26 heavy (non-hydrogen) atoms. The maximum Gasteiger partial charge on any atom is 0.232 e. The molecule has 0 N–H and O–H groups in total. The molecule has 0 saturated heterocycles. The van der Waals surface area contributed by atoms with Gasteiger partial charge in [-0.1, -0.05) is 60.7 Å². The van der Waals surface area contributed by atoms with Gasteiger partial charge in [0.25, 0.3) is 0 Å². The van der Waals surface area contributed by atoms with Crippen molar-refractivity contribution in [1.82, 2.24) is 0 Å². The molecule has 3 rings (SSSR count). The second-order valence-electron chi connectivity index (χ2n) is 5.68. The summed E-state index contributed by atoms with van der Waals surface area (Å²) < 4.78 is 10.2. The van der Waals surface area contributed by atoms with Crippen molar-refractivity contribution in [3.8, 4) is 0 Å². The zero-order valence-electron chi connectivity index (χ0n) is 14.6. The zero-order chi connectivity index (χ0) is 18.5. The minimum Gasteiger partial charge on any atom is -0.492 e. The fourth-order valence-electron chi connectivity index (χ4n) is 2.77. The summed E-state index contributed by atoms with van der Waals surface area (Å²) in [6.45, 7) is 0. The lowest BCUT2D eigenvalue weighted by Gasteiger charge is -2.17. The Hall–Kier alpha value is -3.40. The van der Waals surface area contributed by atoms with E-state index in [1.807, 2.05) is 60.7 Å². The maximum absolute atomic E-state index is 12.7. The Morgan fingerprint density at radius 3 is 2.19 bits per heavy atom. The minimum absolute atomic E-state index is 0.0102. The predicted molar refractivity (Wildman–Crippen MR) is 101 cm³/mol. The molecular weight excluding hydrogens is 328 g/mol. The third kappa shape index (κ3) is 3.49. The first-order chi connectivity index (χ1) is 12.6. The number of ketones is 2. The molecule has 0 atom stereocenters. The van der Waals surface area contributed by atoms with Crippen LogP contribution in [0, 0.1) is 0 Å². The summed E-state index contributed by atoms with van der Waals surface area (Å²) in [7, 11) is 2.75. The number of carbonyl (C=O) groups excluding carboxylic acids is 2. The molecule has 0 saturated carbocycles. The highest BCUT2D eigenvalue weighted by Crippen LogP contribution is 2.29. The van der Waals surface area contributed by atoms with Gasteiger partial charge in [-0.15, -0.1) is 0 Å². The van der Waals surface area contributed by atoms with E-state index in [1.165, 1.54) is 14.2 Å². The Morgan fingerprint density at radius 1 is 0.808 bits per heavy atom. The SMILES string of the molecule is COC1=CC(=O)C(OC)=C(c2cccc(/C=C\c3ccccc3)c2)C1=O. The number of hydrogen-bond acceptors (Lipinski definition) is 4. The number of carbonyl (C=O) groups is 2. The van der Waals surface area contributed by atoms with Gasteiger partial charge in [0.2, 0.25) is 11.6 Å². The van der Waals surface area contributed by atoms with Gasteiger partial charge in [-0.2, -0.15) is 0 Å². The summed E-state index contributed by atoms with van der Waals surface area (Å²) in [5.74, 6) is -0.715. The van der Waals surface area contributed by atoms with Crippen LogP contribution in [0.1, 0.15) is 16.7 Å². The van der Waals surface area contributed by atoms with Crippen molar-refractivity contribution in [2.24, 2.45) is 0 Å². The summed E-state index contributed by atoms with van der Waals surface area (Å²) in [5.41, 5.74) is 2.80. The first-order valence-electron chi connectivity index (χ1n) is 8.10. The summed E-state index contributed by atoms with van der Waals surface area (Å²) in [6, 6.07) is 17.3. The molecule has 4 nitrogen and oxygen atoms in total. The van der Waals surface area contributed by atoms with E-state index in [0.29, 0.717) is 5.56 Å². The number of allylic oxidation sites excluding steroid dienone is 2. The Labute approximate surface area is 152 Å². The van der Waals surface area contributed by atoms with Gasteiger partial charge < -0.3 is 9.47 Å². The van der Waals surface area contributed by atoms with Crippen LogP contribution in [0.5, 0.6) is 0 Å². The van der Waals surface area contributed by atoms with Crippen molar-refractivity contribution >= 4 is 29.3 Å². The average Bonchev–Trinajstić information content (AvgIpc) is 2.68. The van der Waals surface area contributed by atoms with Crippen LogP contribution in [-0.2, 0) is 19.1 Å². The molecule has 0 heterocycles. The molecule has 0 aromatic heterocycles. The second-order valence-corrected chi connectivity index (χ2v) is 5.68. The van der Waals surface area contributed by atoms with Crippen molar-refractivity contribution in [2.45, 2.75) is 0 Å². The van der Waals surface area contributed by atoms with Crippen LogP contribution in [0.25, 0.3) is 17.7 Å². The van der Waals surface area contributed by atoms with Crippen molar-refractivity contribution < 1.29 is 19.1 Å². The number of ether oxygens (including phenoxy) is 2. The highest BCUT2D eigenvalue weighted by molar-refractivity contribution is 6.36. The quantitative estimate of drug-likeness (QED) is 0.609. The molecule has 2 aromatic rings. The van der Waals surface area contributed by atoms with Crippen molar-refractivity contribution in [1.29, 1.82) is 0 Å². The van der Waals surface area contributed by atoms with Gasteiger partial charge in [0, 0.05) is 6.08 Å². The van der Waals surface area contributed by atoms with Crippen LogP contribution in [0.2, 0.25) is 0 Å². The minimum atomic E-state index is -0.385. The fourth-order valence-corrected chi connectivity index (χ4v) is 2.77. The smallest absolute Gasteiger partial charge is 0.232 e. The van der Waals surface area contributed by atoms with Crippen LogP contribution in [0.4, 0.5) is 0 Å². The van der Waals surface area contributed by atoms with E-state index in [2.05, 4.69) is 0 Å². The van der Waals surface area contributed by atoms with Crippen molar-refractivity contribution in [3.05, 3.63) is 88.9 Å². The van der Waals surface area contributed by atoms with Crippen LogP contribution in [0.3, 0.4) is 0 Å². The first kappa shape index (κ1) is 17.4. The van der Waals surface area contributed by atoms with Crippen molar-refractivity contribution in [3.63, 3.8) is 0 Å². The molecule has 0 fully saturated rings. The Kier molecular flexibility index (Phi) is 5.13. The van der Waals surface area contributed by atoms with Crippen LogP contribution in [0.15, 0.2) is 72.2 Å². The van der Waals surface area contributed by atoms with Gasteiger partial charge in [-0.3, -0.25) is 9.59 Å². The van der Waals surface area contributed by atoms with Crippen LogP contribution < -0.4 is 0 Å². The first-order valence-corrected chi connectivity index (χ1v) is 8.10. The van der Waals surface area contributed by atoms with Gasteiger partial charge in [0.05, 0.1) is 19.8 Å². The highest BCUT2D eigenvalue weighted by Gasteiger charge is 2.31. The second kappa shape index (κ2) is 7.66. The van der Waals surface area contributed by atoms with Crippen molar-refractivity contribution in [2.75, 3.05) is 14.2 Å². The van der Waals surface area contributed by atoms with Crippen LogP contribution >= 0.6 is 0 Å². The number of benzene rings is 2. The van der Waals surface area contributed by atoms with Gasteiger partial charge in [-0.05, 0) is 22.8 Å². The third-order valence-electron chi connectivity index (χ3n) is 4.03. The molecule has 4 heteroatoms. The lowest BCUT2D eigenvalue weighted by Crippen LogP contribution is -2.20. The van der Waals surface area contributed by atoms with E-state index in [4.69, 9.17) is 9.47 Å². The molecule has 0 bridgehead atoms. The summed E-state index contributed by atoms with van der Waals surface area (Å²) in [5, 5.41) is 0. The van der Waals surface area contributed by atoms with E-state index in [1.54, 1.807) is 6.07 Å². The lowest BCUT2D eigenvalue weighted by atomic mass is 9.92. The van der Waals surface area contributed by atoms with E-state index >= 15 is 0 Å². The normalized spacial score (nSPS) is 14.6. The number of rotatable bonds is 5. The zero-order valence-corrected chi connectivity index (χ0v) is 14.6. The standard InChI is InChI=1S/C22H18O4/c1-25-19-14-18(23)22(26-2)20(21(19)24)17-10-6-9-16(13-17)12-11-15-7-4-3-5-8-15/h3-14H,1-2H3/b12-11-. The fraction of sp³-hybridized carbons (Fsp3) is 0.0909. The molecule has 1 aliphatic rings. The van der Waals surface area contributed by atoms with Gasteiger partial charge >= 0.3 is 0 Å². The molecular formula is C22H18O4. The lowest BCUT2D eigenvalue weighted by molar-refractivity contribution is -0.118. The van der Waals surface area contributed by atoms with Gasteiger partial charge in [0.15, 0.2) is 11.5 Å². The summed E-state index contributed by atoms with van der Waals surface area (Å²) >= 11 is 0. The summed E-state index contributed by atoms with van der Waals surface area (Å²) in [4.78, 5) is 24.9. The summed E-state index contributed by atoms with van der Waals surface area (Å²) in [6.07, 6.45) is 5.09. The molecule has 0 aliphatic heterocycles. The Balaban J connectivity index is 2.00. The maximum atomic E-state index is 12.7. The third-order valence-corrected chi connectivity index (χ3v) is 4.03. The molecule has 0 spiro atoms. The molecule has 1 aliphatic carbocycles. The van der Waals surface area contributed by atoms with Gasteiger partial charge in [0.1, 0.15) is 0 Å². The number of methoxy groups -OCH3 is 2. The molecule has 0 amide bonds. The Morgan fingerprint density at radius 2 is 1.50 bits per heavy atom. The monoisotopic (exact) mass is 346 g/mol. The molecule has 0 unspecified atom stereocenters. The molecule has 130 valence electrons. The average molecular weight is 346 g/mol. The Bertz CT molecular complexity index is 934. The van der Waals surface area contributed by atoms with Gasteiger partial charge in [-0.25, -0.2) is 0 Å². The number of Topliss-reactive ketones (excluding diaryl/α,β-unsaturated/α-hetero) is 1. The molecule has 2 aromatic carbocycles. The highest BCUT2D eigenvalue weighted by atomic mass is 16.5. The van der Waals surface area contributed by atoms with E-state index in [0.717, 1.165) is 17.2 Å². The number of hydrogen-bond donors (Lipinski definition) is 0. The van der Waals surface area contributed by atoms with E-state index in [9.17, 15) is 9.59 Å². The molecule has 0 radical (unpaired) electrons. The topological polar surface area (TPSA) is 52.6 Å². The predicted octanol–water partition coefficient (Wildman–Crippen LogP) is 3.90. The van der Waals surface area contributed by atoms with E-state index < -0.39 is 0 Å². The van der Waals surface area contributed by atoms with E-state index in [-0.39, 0.29) is 28.7 Å².